The van der Waals surface area contributed by atoms with Gasteiger partial charge in [0.25, 0.3) is 0 Å². The van der Waals surface area contributed by atoms with Crippen LogP contribution in [-0.4, -0.2) is 34.4 Å². The highest BCUT2D eigenvalue weighted by Crippen LogP contribution is 2.36. The zero-order valence-corrected chi connectivity index (χ0v) is 13.7. The van der Waals surface area contributed by atoms with Crippen LogP contribution in [0.3, 0.4) is 0 Å². The van der Waals surface area contributed by atoms with Crippen LogP contribution in [0.5, 0.6) is 0 Å². The van der Waals surface area contributed by atoms with Gasteiger partial charge in [0.1, 0.15) is 0 Å². The summed E-state index contributed by atoms with van der Waals surface area (Å²) in [5.74, 6) is 0.853. The molecule has 1 aliphatic rings. The van der Waals surface area contributed by atoms with E-state index in [1.807, 2.05) is 11.6 Å². The number of rotatable bonds is 3. The lowest BCUT2D eigenvalue weighted by Crippen LogP contribution is -2.41. The van der Waals surface area contributed by atoms with E-state index in [0.717, 1.165) is 22.7 Å². The highest BCUT2D eigenvalue weighted by molar-refractivity contribution is 7.97. The number of hydrogen-bond acceptors (Lipinski definition) is 4. The maximum Gasteiger partial charge on any atom is 0.498 e. The molecule has 0 radical (unpaired) electrons. The number of aryl methyl sites for hydroxylation is 1. The van der Waals surface area contributed by atoms with Crippen molar-refractivity contribution >= 4 is 24.3 Å². The Hall–Kier alpha value is -0.455. The van der Waals surface area contributed by atoms with Crippen molar-refractivity contribution in [3.05, 3.63) is 11.4 Å². The molecule has 6 heteroatoms. The SMILES string of the molecule is CSCn1nc(C)c(B2OC(C)(C)C(C)(C)O2)c1C. The predicted octanol–water partition coefficient (Wildman–Crippen LogP) is 2.12. The summed E-state index contributed by atoms with van der Waals surface area (Å²) in [6.45, 7) is 12.4. The average molecular weight is 282 g/mol. The van der Waals surface area contributed by atoms with Crippen LogP contribution < -0.4 is 5.46 Å². The van der Waals surface area contributed by atoms with Crippen LogP contribution in [0.1, 0.15) is 39.1 Å². The molecule has 0 amide bonds. The van der Waals surface area contributed by atoms with Gasteiger partial charge in [0, 0.05) is 11.2 Å². The first-order valence-corrected chi connectivity index (χ1v) is 7.97. The summed E-state index contributed by atoms with van der Waals surface area (Å²) < 4.78 is 14.3. The standard InChI is InChI=1S/C13H23BN2O2S/c1-9-11(10(2)16(15-9)8-19-7)14-17-12(3,4)13(5,6)18-14/h8H2,1-7H3. The third-order valence-corrected chi connectivity index (χ3v) is 4.68. The van der Waals surface area contributed by atoms with Crippen molar-refractivity contribution in [2.24, 2.45) is 0 Å². The molecule has 0 bridgehead atoms. The quantitative estimate of drug-likeness (QED) is 0.796. The Morgan fingerprint density at radius 2 is 1.68 bits per heavy atom. The van der Waals surface area contributed by atoms with Crippen molar-refractivity contribution in [1.82, 2.24) is 9.78 Å². The van der Waals surface area contributed by atoms with Crippen LogP contribution in [0, 0.1) is 13.8 Å². The summed E-state index contributed by atoms with van der Waals surface area (Å²) in [6.07, 6.45) is 2.07. The molecule has 4 nitrogen and oxygen atoms in total. The molecule has 1 aromatic rings. The highest BCUT2D eigenvalue weighted by Gasteiger charge is 2.53. The summed E-state index contributed by atoms with van der Waals surface area (Å²) in [6, 6.07) is 0. The van der Waals surface area contributed by atoms with Crippen molar-refractivity contribution in [1.29, 1.82) is 0 Å². The molecule has 0 N–H and O–H groups in total. The molecule has 1 aromatic heterocycles. The van der Waals surface area contributed by atoms with Gasteiger partial charge >= 0.3 is 7.12 Å². The molecular weight excluding hydrogens is 259 g/mol. The second kappa shape index (κ2) is 4.83. The Bertz CT molecular complexity index is 469. The van der Waals surface area contributed by atoms with Gasteiger partial charge in [-0.25, -0.2) is 0 Å². The largest absolute Gasteiger partial charge is 0.498 e. The van der Waals surface area contributed by atoms with Crippen molar-refractivity contribution in [3.63, 3.8) is 0 Å². The fourth-order valence-electron chi connectivity index (χ4n) is 2.26. The molecule has 1 fully saturated rings. The van der Waals surface area contributed by atoms with E-state index in [4.69, 9.17) is 9.31 Å². The van der Waals surface area contributed by atoms with E-state index in [-0.39, 0.29) is 18.3 Å². The van der Waals surface area contributed by atoms with Gasteiger partial charge in [0.15, 0.2) is 0 Å². The Morgan fingerprint density at radius 1 is 1.16 bits per heavy atom. The monoisotopic (exact) mass is 282 g/mol. The fourth-order valence-corrected chi connectivity index (χ4v) is 2.76. The molecule has 0 aliphatic carbocycles. The molecule has 2 rings (SSSR count). The van der Waals surface area contributed by atoms with Gasteiger partial charge in [-0.15, -0.1) is 11.8 Å². The zero-order chi connectivity index (χ0) is 14.4. The molecule has 1 aliphatic heterocycles. The number of aromatic nitrogens is 2. The van der Waals surface area contributed by atoms with E-state index in [0.29, 0.717) is 0 Å². The number of nitrogens with zero attached hydrogens (tertiary/aromatic N) is 2. The van der Waals surface area contributed by atoms with Crippen LogP contribution in [0.2, 0.25) is 0 Å². The predicted molar refractivity (Wildman–Crippen MR) is 80.9 cm³/mol. The summed E-state index contributed by atoms with van der Waals surface area (Å²) in [4.78, 5) is 0. The first-order valence-electron chi connectivity index (χ1n) is 6.58. The Labute approximate surface area is 120 Å². The summed E-state index contributed by atoms with van der Waals surface area (Å²) in [5, 5.41) is 4.58. The van der Waals surface area contributed by atoms with Crippen LogP contribution >= 0.6 is 11.8 Å². The number of hydrogen-bond donors (Lipinski definition) is 0. The van der Waals surface area contributed by atoms with E-state index in [9.17, 15) is 0 Å². The molecule has 2 heterocycles. The molecule has 0 aromatic carbocycles. The van der Waals surface area contributed by atoms with E-state index in [2.05, 4.69) is 46.0 Å². The minimum Gasteiger partial charge on any atom is -0.399 e. The van der Waals surface area contributed by atoms with Gasteiger partial charge < -0.3 is 9.31 Å². The molecule has 0 unspecified atom stereocenters. The lowest BCUT2D eigenvalue weighted by Gasteiger charge is -2.32. The Kier molecular flexibility index (Phi) is 3.80. The highest BCUT2D eigenvalue weighted by atomic mass is 32.2. The van der Waals surface area contributed by atoms with Gasteiger partial charge in [-0.1, -0.05) is 0 Å². The summed E-state index contributed by atoms with van der Waals surface area (Å²) in [7, 11) is -0.319. The van der Waals surface area contributed by atoms with Gasteiger partial charge in [0.2, 0.25) is 0 Å². The molecule has 0 saturated carbocycles. The van der Waals surface area contributed by atoms with Crippen molar-refractivity contribution in [2.75, 3.05) is 6.26 Å². The zero-order valence-electron chi connectivity index (χ0n) is 12.9. The molecule has 0 spiro atoms. The Morgan fingerprint density at radius 3 is 2.16 bits per heavy atom. The third-order valence-electron chi connectivity index (χ3n) is 4.18. The van der Waals surface area contributed by atoms with Crippen molar-refractivity contribution in [3.8, 4) is 0 Å². The lowest BCUT2D eigenvalue weighted by molar-refractivity contribution is 0.00578. The maximum atomic E-state index is 6.12. The lowest BCUT2D eigenvalue weighted by atomic mass is 9.77. The van der Waals surface area contributed by atoms with Crippen LogP contribution in [-0.2, 0) is 15.2 Å². The summed E-state index contributed by atoms with van der Waals surface area (Å²) >= 11 is 1.75. The minimum absolute atomic E-state index is 0.307. The topological polar surface area (TPSA) is 36.3 Å². The van der Waals surface area contributed by atoms with Crippen molar-refractivity contribution in [2.45, 2.75) is 58.6 Å². The van der Waals surface area contributed by atoms with Crippen molar-refractivity contribution < 1.29 is 9.31 Å². The van der Waals surface area contributed by atoms with Gasteiger partial charge in [-0.2, -0.15) is 5.10 Å². The van der Waals surface area contributed by atoms with Crippen LogP contribution in [0.15, 0.2) is 0 Å². The fraction of sp³-hybridized carbons (Fsp3) is 0.769. The second-order valence-corrected chi connectivity index (χ2v) is 6.93. The number of thioether (sulfide) groups is 1. The molecule has 106 valence electrons. The van der Waals surface area contributed by atoms with E-state index < -0.39 is 0 Å². The van der Waals surface area contributed by atoms with Gasteiger partial charge in [-0.05, 0) is 47.8 Å². The van der Waals surface area contributed by atoms with Crippen LogP contribution in [0.25, 0.3) is 0 Å². The van der Waals surface area contributed by atoms with Gasteiger partial charge in [-0.3, -0.25) is 4.68 Å². The average Bonchev–Trinajstić information content (AvgIpc) is 2.63. The molecule has 1 saturated heterocycles. The minimum atomic E-state index is -0.319. The van der Waals surface area contributed by atoms with E-state index in [1.165, 1.54) is 0 Å². The first-order chi connectivity index (χ1) is 8.69. The van der Waals surface area contributed by atoms with E-state index in [1.54, 1.807) is 11.8 Å². The second-order valence-electron chi connectivity index (χ2n) is 6.09. The smallest absolute Gasteiger partial charge is 0.399 e. The third kappa shape index (κ3) is 2.46. The molecular formula is C13H23BN2O2S. The Balaban J connectivity index is 2.34. The van der Waals surface area contributed by atoms with Gasteiger partial charge in [0.05, 0.1) is 22.8 Å². The maximum absolute atomic E-state index is 6.12. The summed E-state index contributed by atoms with van der Waals surface area (Å²) in [5.41, 5.74) is 2.58. The normalized spacial score (nSPS) is 21.1. The molecule has 19 heavy (non-hydrogen) atoms. The molecule has 0 atom stereocenters. The first kappa shape index (κ1) is 14.9. The van der Waals surface area contributed by atoms with E-state index >= 15 is 0 Å². The van der Waals surface area contributed by atoms with Crippen LogP contribution in [0.4, 0.5) is 0 Å².